The molecule has 3 heteroatoms. The fraction of sp³-hybridized carbons (Fsp3) is 0.471. The van der Waals surface area contributed by atoms with E-state index in [9.17, 15) is 4.79 Å². The number of para-hydroxylation sites is 1. The van der Waals surface area contributed by atoms with Crippen molar-refractivity contribution < 1.29 is 4.79 Å². The Bertz CT molecular complexity index is 573. The number of aryl methyl sites for hydroxylation is 1. The van der Waals surface area contributed by atoms with Crippen LogP contribution >= 0.6 is 0 Å². The van der Waals surface area contributed by atoms with Gasteiger partial charge < -0.3 is 9.88 Å². The summed E-state index contributed by atoms with van der Waals surface area (Å²) < 4.78 is 0. The largest absolute Gasteiger partial charge is 0.361 e. The summed E-state index contributed by atoms with van der Waals surface area (Å²) in [6.45, 7) is 4.21. The van der Waals surface area contributed by atoms with Gasteiger partial charge in [-0.2, -0.15) is 0 Å². The molecule has 0 saturated carbocycles. The summed E-state index contributed by atoms with van der Waals surface area (Å²) in [5.41, 5.74) is 2.48. The fourth-order valence-electron chi connectivity index (χ4n) is 2.46. The summed E-state index contributed by atoms with van der Waals surface area (Å²) in [6.07, 6.45) is 5.55. The molecule has 0 radical (unpaired) electrons. The quantitative estimate of drug-likeness (QED) is 0.854. The predicted molar refractivity (Wildman–Crippen MR) is 83.8 cm³/mol. The van der Waals surface area contributed by atoms with Gasteiger partial charge >= 0.3 is 0 Å². The van der Waals surface area contributed by atoms with Crippen molar-refractivity contribution >= 4 is 16.8 Å². The number of H-pyrrole nitrogens is 1. The van der Waals surface area contributed by atoms with Crippen molar-refractivity contribution in [3.8, 4) is 0 Å². The van der Waals surface area contributed by atoms with Crippen molar-refractivity contribution in [1.82, 2.24) is 9.88 Å². The van der Waals surface area contributed by atoms with E-state index in [2.05, 4.69) is 43.2 Å². The molecule has 1 N–H and O–H groups in total. The van der Waals surface area contributed by atoms with Crippen LogP contribution in [-0.2, 0) is 11.2 Å². The first-order valence-electron chi connectivity index (χ1n) is 7.44. The maximum absolute atomic E-state index is 12.1. The predicted octanol–water partition coefficient (Wildman–Crippen LogP) is 3.75. The number of rotatable bonds is 6. The lowest BCUT2D eigenvalue weighted by Gasteiger charge is -2.23. The first-order chi connectivity index (χ1) is 9.63. The molecule has 20 heavy (non-hydrogen) atoms. The maximum Gasteiger partial charge on any atom is 0.222 e. The number of aromatic nitrogens is 1. The lowest BCUT2D eigenvalue weighted by Crippen LogP contribution is -2.34. The molecule has 0 saturated heterocycles. The Balaban J connectivity index is 1.88. The molecular formula is C17H24N2O. The molecule has 0 aliphatic carbocycles. The molecule has 0 fully saturated rings. The second kappa shape index (κ2) is 6.60. The van der Waals surface area contributed by atoms with Crippen molar-refractivity contribution in [2.45, 2.75) is 45.6 Å². The zero-order chi connectivity index (χ0) is 14.5. The minimum absolute atomic E-state index is 0.249. The number of carbonyl (C=O) groups is 1. The third-order valence-electron chi connectivity index (χ3n) is 4.16. The minimum atomic E-state index is 0.249. The van der Waals surface area contributed by atoms with Crippen LogP contribution in [0, 0.1) is 0 Å². The van der Waals surface area contributed by atoms with Gasteiger partial charge in [-0.1, -0.05) is 25.1 Å². The number of hydrogen-bond donors (Lipinski definition) is 1. The van der Waals surface area contributed by atoms with Crippen LogP contribution in [0.5, 0.6) is 0 Å². The SMILES string of the molecule is CCC(C)N(C)C(=O)CCCc1c[nH]c2ccccc12. The highest BCUT2D eigenvalue weighted by Crippen LogP contribution is 2.19. The monoisotopic (exact) mass is 272 g/mol. The Hall–Kier alpha value is -1.77. The van der Waals surface area contributed by atoms with Crippen LogP contribution in [0.2, 0.25) is 0 Å². The standard InChI is InChI=1S/C17H24N2O/c1-4-13(2)19(3)17(20)11-7-8-14-12-18-16-10-6-5-9-15(14)16/h5-6,9-10,12-13,18H,4,7-8,11H2,1-3H3. The number of benzene rings is 1. The van der Waals surface area contributed by atoms with E-state index in [1.807, 2.05) is 18.0 Å². The van der Waals surface area contributed by atoms with E-state index < -0.39 is 0 Å². The minimum Gasteiger partial charge on any atom is -0.361 e. The van der Waals surface area contributed by atoms with Gasteiger partial charge in [0.25, 0.3) is 0 Å². The Kier molecular flexibility index (Phi) is 4.83. The van der Waals surface area contributed by atoms with Gasteiger partial charge in [0.2, 0.25) is 5.91 Å². The molecule has 0 aliphatic rings. The van der Waals surface area contributed by atoms with Gasteiger partial charge in [0.15, 0.2) is 0 Å². The van der Waals surface area contributed by atoms with E-state index in [-0.39, 0.29) is 5.91 Å². The number of nitrogens with zero attached hydrogens (tertiary/aromatic N) is 1. The van der Waals surface area contributed by atoms with Crippen LogP contribution in [0.25, 0.3) is 10.9 Å². The third kappa shape index (κ3) is 3.21. The molecule has 0 spiro atoms. The lowest BCUT2D eigenvalue weighted by molar-refractivity contribution is -0.131. The van der Waals surface area contributed by atoms with E-state index >= 15 is 0 Å². The molecule has 1 heterocycles. The molecule has 1 aromatic carbocycles. The average molecular weight is 272 g/mol. The number of fused-ring (bicyclic) bond motifs is 1. The first-order valence-corrected chi connectivity index (χ1v) is 7.44. The summed E-state index contributed by atoms with van der Waals surface area (Å²) >= 11 is 0. The molecule has 1 atom stereocenters. The second-order valence-corrected chi connectivity index (χ2v) is 5.47. The summed E-state index contributed by atoms with van der Waals surface area (Å²) in [4.78, 5) is 17.2. The zero-order valence-electron chi connectivity index (χ0n) is 12.6. The van der Waals surface area contributed by atoms with Gasteiger partial charge in [-0.15, -0.1) is 0 Å². The van der Waals surface area contributed by atoms with Crippen LogP contribution < -0.4 is 0 Å². The number of carbonyl (C=O) groups excluding carboxylic acids is 1. The van der Waals surface area contributed by atoms with Crippen LogP contribution in [0.4, 0.5) is 0 Å². The normalized spacial score (nSPS) is 12.6. The summed E-state index contributed by atoms with van der Waals surface area (Å²) in [6, 6.07) is 8.64. The Morgan fingerprint density at radius 2 is 2.10 bits per heavy atom. The summed E-state index contributed by atoms with van der Waals surface area (Å²) in [5, 5.41) is 1.27. The lowest BCUT2D eigenvalue weighted by atomic mass is 10.1. The number of nitrogens with one attached hydrogen (secondary N) is 1. The summed E-state index contributed by atoms with van der Waals surface area (Å²) in [7, 11) is 1.90. The van der Waals surface area contributed by atoms with E-state index in [0.29, 0.717) is 12.5 Å². The molecule has 0 aliphatic heterocycles. The Morgan fingerprint density at radius 3 is 2.85 bits per heavy atom. The van der Waals surface area contributed by atoms with Crippen molar-refractivity contribution in [1.29, 1.82) is 0 Å². The van der Waals surface area contributed by atoms with Crippen molar-refractivity contribution in [2.24, 2.45) is 0 Å². The zero-order valence-corrected chi connectivity index (χ0v) is 12.6. The van der Waals surface area contributed by atoms with Gasteiger partial charge in [0.1, 0.15) is 0 Å². The molecule has 2 aromatic rings. The van der Waals surface area contributed by atoms with Crippen LogP contribution in [0.3, 0.4) is 0 Å². The number of hydrogen-bond acceptors (Lipinski definition) is 1. The maximum atomic E-state index is 12.1. The van der Waals surface area contributed by atoms with Crippen molar-refractivity contribution in [3.05, 3.63) is 36.0 Å². The smallest absolute Gasteiger partial charge is 0.222 e. The van der Waals surface area contributed by atoms with Crippen LogP contribution in [0.15, 0.2) is 30.5 Å². The van der Waals surface area contributed by atoms with Gasteiger partial charge in [0.05, 0.1) is 0 Å². The highest BCUT2D eigenvalue weighted by atomic mass is 16.2. The molecule has 108 valence electrons. The molecule has 1 unspecified atom stereocenters. The van der Waals surface area contributed by atoms with E-state index in [0.717, 1.165) is 19.3 Å². The fourth-order valence-corrected chi connectivity index (χ4v) is 2.46. The van der Waals surface area contributed by atoms with Gasteiger partial charge in [0, 0.05) is 36.6 Å². The van der Waals surface area contributed by atoms with Gasteiger partial charge in [-0.25, -0.2) is 0 Å². The van der Waals surface area contributed by atoms with Crippen molar-refractivity contribution in [2.75, 3.05) is 7.05 Å². The van der Waals surface area contributed by atoms with E-state index in [4.69, 9.17) is 0 Å². The molecule has 2 rings (SSSR count). The second-order valence-electron chi connectivity index (χ2n) is 5.47. The van der Waals surface area contributed by atoms with Crippen molar-refractivity contribution in [3.63, 3.8) is 0 Å². The highest BCUT2D eigenvalue weighted by molar-refractivity contribution is 5.83. The molecular weight excluding hydrogens is 248 g/mol. The third-order valence-corrected chi connectivity index (χ3v) is 4.16. The Labute approximate surface area is 121 Å². The van der Waals surface area contributed by atoms with Gasteiger partial charge in [-0.05, 0) is 37.8 Å². The van der Waals surface area contributed by atoms with E-state index in [1.165, 1.54) is 16.5 Å². The topological polar surface area (TPSA) is 36.1 Å². The average Bonchev–Trinajstić information content (AvgIpc) is 2.89. The van der Waals surface area contributed by atoms with E-state index in [1.54, 1.807) is 0 Å². The number of aromatic amines is 1. The summed E-state index contributed by atoms with van der Waals surface area (Å²) in [5.74, 6) is 0.249. The van der Waals surface area contributed by atoms with Crippen LogP contribution in [-0.4, -0.2) is 28.9 Å². The Morgan fingerprint density at radius 1 is 1.35 bits per heavy atom. The molecule has 1 amide bonds. The molecule has 3 nitrogen and oxygen atoms in total. The highest BCUT2D eigenvalue weighted by Gasteiger charge is 2.13. The van der Waals surface area contributed by atoms with Crippen LogP contribution in [0.1, 0.15) is 38.7 Å². The molecule has 0 bridgehead atoms. The molecule has 1 aromatic heterocycles. The van der Waals surface area contributed by atoms with Gasteiger partial charge in [-0.3, -0.25) is 4.79 Å². The number of amides is 1. The first kappa shape index (κ1) is 14.6.